The third-order valence-corrected chi connectivity index (χ3v) is 4.71. The van der Waals surface area contributed by atoms with Gasteiger partial charge in [-0.1, -0.05) is 12.1 Å². The average molecular weight is 369 g/mol. The number of carbonyl (C=O) groups is 2. The van der Waals surface area contributed by atoms with E-state index in [9.17, 15) is 14.4 Å². The Labute approximate surface area is 157 Å². The van der Waals surface area contributed by atoms with E-state index in [1.807, 2.05) is 17.0 Å². The highest BCUT2D eigenvalue weighted by molar-refractivity contribution is 5.94. The number of likely N-dealkylation sites (tertiary alicyclic amines) is 1. The molecule has 142 valence electrons. The van der Waals surface area contributed by atoms with Crippen LogP contribution in [-0.4, -0.2) is 52.2 Å². The molecular formula is C19H23N5O3. The third-order valence-electron chi connectivity index (χ3n) is 4.71. The van der Waals surface area contributed by atoms with Crippen molar-refractivity contribution in [3.63, 3.8) is 0 Å². The third kappa shape index (κ3) is 4.79. The van der Waals surface area contributed by atoms with E-state index in [0.29, 0.717) is 11.3 Å². The first-order chi connectivity index (χ1) is 12.9. The van der Waals surface area contributed by atoms with E-state index in [4.69, 9.17) is 5.73 Å². The van der Waals surface area contributed by atoms with E-state index in [1.165, 1.54) is 10.7 Å². The Morgan fingerprint density at radius 2 is 1.81 bits per heavy atom. The predicted octanol–water partition coefficient (Wildman–Crippen LogP) is 0.127. The Morgan fingerprint density at radius 3 is 2.41 bits per heavy atom. The first kappa shape index (κ1) is 18.8. The average Bonchev–Trinajstić information content (AvgIpc) is 2.65. The zero-order valence-corrected chi connectivity index (χ0v) is 15.2. The van der Waals surface area contributed by atoms with E-state index in [-0.39, 0.29) is 30.0 Å². The summed E-state index contributed by atoms with van der Waals surface area (Å²) >= 11 is 0. The summed E-state index contributed by atoms with van der Waals surface area (Å²) < 4.78 is 1.28. The van der Waals surface area contributed by atoms with Gasteiger partial charge in [0.2, 0.25) is 5.91 Å². The number of hydrogen-bond donors (Lipinski definition) is 2. The van der Waals surface area contributed by atoms with Crippen LogP contribution in [-0.2, 0) is 11.8 Å². The van der Waals surface area contributed by atoms with Crippen molar-refractivity contribution in [3.8, 4) is 11.3 Å². The molecule has 3 N–H and O–H groups in total. The number of benzene rings is 1. The van der Waals surface area contributed by atoms with Gasteiger partial charge in [-0.2, -0.15) is 5.10 Å². The van der Waals surface area contributed by atoms with Crippen LogP contribution >= 0.6 is 0 Å². The number of nitrogens with zero attached hydrogens (tertiary/aromatic N) is 3. The molecule has 1 aliphatic heterocycles. The molecule has 0 bridgehead atoms. The van der Waals surface area contributed by atoms with Crippen molar-refractivity contribution in [2.24, 2.45) is 12.8 Å². The number of piperidine rings is 1. The van der Waals surface area contributed by atoms with Crippen LogP contribution in [0.4, 0.5) is 0 Å². The molecule has 8 heteroatoms. The number of nitrogens with one attached hydrogen (secondary N) is 1. The molecule has 0 unspecified atom stereocenters. The number of primary amides is 1. The van der Waals surface area contributed by atoms with Crippen molar-refractivity contribution in [2.45, 2.75) is 18.9 Å². The Bertz CT molecular complexity index is 883. The van der Waals surface area contributed by atoms with Gasteiger partial charge in [-0.15, -0.1) is 0 Å². The van der Waals surface area contributed by atoms with Crippen molar-refractivity contribution >= 4 is 11.8 Å². The molecular weight excluding hydrogens is 346 g/mol. The number of nitrogens with two attached hydrogens (primary N) is 1. The normalized spacial score (nSPS) is 15.4. The molecule has 0 saturated carbocycles. The number of hydrogen-bond acceptors (Lipinski definition) is 5. The topological polar surface area (TPSA) is 110 Å². The zero-order valence-electron chi connectivity index (χ0n) is 15.2. The van der Waals surface area contributed by atoms with Crippen LogP contribution < -0.4 is 16.6 Å². The van der Waals surface area contributed by atoms with Gasteiger partial charge in [0.15, 0.2) is 0 Å². The first-order valence-electron chi connectivity index (χ1n) is 8.88. The lowest BCUT2D eigenvalue weighted by atomic mass is 10.0. The molecule has 1 saturated heterocycles. The van der Waals surface area contributed by atoms with Crippen molar-refractivity contribution in [3.05, 3.63) is 52.3 Å². The zero-order chi connectivity index (χ0) is 19.4. The number of aromatic nitrogens is 2. The summed E-state index contributed by atoms with van der Waals surface area (Å²) in [5.41, 5.74) is 7.12. The molecule has 27 heavy (non-hydrogen) atoms. The highest BCUT2D eigenvalue weighted by Crippen LogP contribution is 2.17. The predicted molar refractivity (Wildman–Crippen MR) is 101 cm³/mol. The minimum Gasteiger partial charge on any atom is -0.369 e. The second kappa shape index (κ2) is 8.13. The Kier molecular flexibility index (Phi) is 5.66. The smallest absolute Gasteiger partial charge is 0.266 e. The summed E-state index contributed by atoms with van der Waals surface area (Å²) in [5.74, 6) is -0.450. The second-order valence-electron chi connectivity index (χ2n) is 6.75. The largest absolute Gasteiger partial charge is 0.369 e. The molecule has 0 atom stereocenters. The summed E-state index contributed by atoms with van der Waals surface area (Å²) in [4.78, 5) is 36.9. The Morgan fingerprint density at radius 1 is 1.15 bits per heavy atom. The molecule has 0 aliphatic carbocycles. The maximum atomic E-state index is 12.5. The van der Waals surface area contributed by atoms with E-state index < -0.39 is 0 Å². The minimum absolute atomic E-state index is 0.0895. The van der Waals surface area contributed by atoms with Crippen molar-refractivity contribution in [1.29, 1.82) is 0 Å². The van der Waals surface area contributed by atoms with Crippen LogP contribution in [0.1, 0.15) is 23.2 Å². The molecule has 8 nitrogen and oxygen atoms in total. The molecule has 1 aromatic heterocycles. The molecule has 2 aromatic rings. The Balaban J connectivity index is 1.59. The van der Waals surface area contributed by atoms with Gasteiger partial charge in [-0.3, -0.25) is 19.3 Å². The van der Waals surface area contributed by atoms with Crippen LogP contribution in [0.15, 0.2) is 41.2 Å². The van der Waals surface area contributed by atoms with Crippen LogP contribution in [0.25, 0.3) is 11.3 Å². The first-order valence-corrected chi connectivity index (χ1v) is 8.88. The summed E-state index contributed by atoms with van der Waals surface area (Å²) in [6, 6.07) is 10.4. The fourth-order valence-corrected chi connectivity index (χ4v) is 3.17. The van der Waals surface area contributed by atoms with Gasteiger partial charge in [0, 0.05) is 43.4 Å². The van der Waals surface area contributed by atoms with Crippen LogP contribution in [0.5, 0.6) is 0 Å². The molecule has 1 aliphatic rings. The lowest BCUT2D eigenvalue weighted by molar-refractivity contribution is -0.119. The molecule has 1 fully saturated rings. The van der Waals surface area contributed by atoms with Gasteiger partial charge in [0.1, 0.15) is 0 Å². The SMILES string of the molecule is Cn1nc(-c2ccc(C(=O)NC3CCN(CC(N)=O)CC3)cc2)ccc1=O. The standard InChI is InChI=1S/C19H23N5O3/c1-23-18(26)7-6-16(22-23)13-2-4-14(5-3-13)19(27)21-15-8-10-24(11-9-15)12-17(20)25/h2-7,15H,8-12H2,1H3,(H2,20,25)(H,21,27). The minimum atomic E-state index is -0.328. The van der Waals surface area contributed by atoms with Crippen molar-refractivity contribution in [1.82, 2.24) is 20.0 Å². The summed E-state index contributed by atoms with van der Waals surface area (Å²) in [7, 11) is 1.60. The number of carbonyl (C=O) groups excluding carboxylic acids is 2. The van der Waals surface area contributed by atoms with Gasteiger partial charge < -0.3 is 11.1 Å². The van der Waals surface area contributed by atoms with Crippen LogP contribution in [0.3, 0.4) is 0 Å². The second-order valence-corrected chi connectivity index (χ2v) is 6.75. The van der Waals surface area contributed by atoms with Crippen molar-refractivity contribution in [2.75, 3.05) is 19.6 Å². The lowest BCUT2D eigenvalue weighted by Gasteiger charge is -2.31. The highest BCUT2D eigenvalue weighted by Gasteiger charge is 2.21. The van der Waals surface area contributed by atoms with Gasteiger partial charge >= 0.3 is 0 Å². The van der Waals surface area contributed by atoms with E-state index in [1.54, 1.807) is 25.2 Å². The molecule has 1 aromatic carbocycles. The van der Waals surface area contributed by atoms with Crippen molar-refractivity contribution < 1.29 is 9.59 Å². The van der Waals surface area contributed by atoms with E-state index in [2.05, 4.69) is 10.4 Å². The van der Waals surface area contributed by atoms with E-state index in [0.717, 1.165) is 31.5 Å². The number of amides is 2. The lowest BCUT2D eigenvalue weighted by Crippen LogP contribution is -2.46. The number of rotatable bonds is 5. The summed E-state index contributed by atoms with van der Waals surface area (Å²) in [6.07, 6.45) is 1.58. The number of aryl methyl sites for hydroxylation is 1. The van der Waals surface area contributed by atoms with Gasteiger partial charge in [-0.25, -0.2) is 4.68 Å². The van der Waals surface area contributed by atoms with Gasteiger partial charge in [-0.05, 0) is 31.0 Å². The quantitative estimate of drug-likeness (QED) is 0.778. The van der Waals surface area contributed by atoms with Gasteiger partial charge in [0.05, 0.1) is 12.2 Å². The Hall–Kier alpha value is -3.00. The van der Waals surface area contributed by atoms with Crippen LogP contribution in [0, 0.1) is 0 Å². The highest BCUT2D eigenvalue weighted by atomic mass is 16.2. The molecule has 2 heterocycles. The maximum Gasteiger partial charge on any atom is 0.266 e. The summed E-state index contributed by atoms with van der Waals surface area (Å²) in [5, 5.41) is 7.25. The maximum absolute atomic E-state index is 12.5. The van der Waals surface area contributed by atoms with E-state index >= 15 is 0 Å². The summed E-state index contributed by atoms with van der Waals surface area (Å²) in [6.45, 7) is 1.75. The molecule has 3 rings (SSSR count). The molecule has 0 spiro atoms. The fraction of sp³-hybridized carbons (Fsp3) is 0.368. The monoisotopic (exact) mass is 369 g/mol. The van der Waals surface area contributed by atoms with Crippen LogP contribution in [0.2, 0.25) is 0 Å². The molecule has 0 radical (unpaired) electrons. The van der Waals surface area contributed by atoms with Gasteiger partial charge in [0.25, 0.3) is 11.5 Å². The molecule has 2 amide bonds. The fourth-order valence-electron chi connectivity index (χ4n) is 3.17.